The third-order valence-corrected chi connectivity index (χ3v) is 2.90. The van der Waals surface area contributed by atoms with Gasteiger partial charge in [-0.25, -0.2) is 4.98 Å². The molecule has 1 aromatic heterocycles. The summed E-state index contributed by atoms with van der Waals surface area (Å²) in [6.45, 7) is 5.24. The van der Waals surface area contributed by atoms with Crippen LogP contribution in [0, 0.1) is 0 Å². The summed E-state index contributed by atoms with van der Waals surface area (Å²) in [6.07, 6.45) is 6.01. The topological polar surface area (TPSA) is 17.8 Å². The van der Waals surface area contributed by atoms with Gasteiger partial charge in [-0.15, -0.1) is 0 Å². The fourth-order valence-electron chi connectivity index (χ4n) is 1.88. The van der Waals surface area contributed by atoms with E-state index in [-0.39, 0.29) is 0 Å². The van der Waals surface area contributed by atoms with Gasteiger partial charge in [0, 0.05) is 25.4 Å². The van der Waals surface area contributed by atoms with E-state index < -0.39 is 0 Å². The fraction of sp³-hybridized carbons (Fsp3) is 0.357. The molecule has 0 amide bonds. The summed E-state index contributed by atoms with van der Waals surface area (Å²) in [5.41, 5.74) is 2.73. The summed E-state index contributed by atoms with van der Waals surface area (Å²) in [7, 11) is 0. The van der Waals surface area contributed by atoms with Crippen molar-refractivity contribution < 1.29 is 0 Å². The van der Waals surface area contributed by atoms with Crippen LogP contribution >= 0.6 is 0 Å². The molecule has 0 radical (unpaired) electrons. The molecule has 1 aromatic carbocycles. The van der Waals surface area contributed by atoms with Crippen LogP contribution in [0.25, 0.3) is 0 Å². The molecule has 0 saturated heterocycles. The smallest absolute Gasteiger partial charge is 0.108 e. The molecule has 84 valence electrons. The van der Waals surface area contributed by atoms with Crippen LogP contribution in [0.2, 0.25) is 0 Å². The number of hydrogen-bond acceptors (Lipinski definition) is 1. The van der Waals surface area contributed by atoms with Crippen LogP contribution in [0.3, 0.4) is 0 Å². The Morgan fingerprint density at radius 1 is 1.00 bits per heavy atom. The van der Waals surface area contributed by atoms with E-state index in [9.17, 15) is 0 Å². The van der Waals surface area contributed by atoms with Crippen molar-refractivity contribution in [3.05, 3.63) is 53.6 Å². The lowest BCUT2D eigenvalue weighted by atomic mass is 10.1. The Kier molecular flexibility index (Phi) is 3.40. The molecule has 2 nitrogen and oxygen atoms in total. The molecular formula is C14H18N2. The molecule has 0 aliphatic carbocycles. The third kappa shape index (κ3) is 2.32. The summed E-state index contributed by atoms with van der Waals surface area (Å²) in [5, 5.41) is 0. The molecule has 0 aliphatic heterocycles. The van der Waals surface area contributed by atoms with Gasteiger partial charge < -0.3 is 4.57 Å². The highest BCUT2D eigenvalue weighted by Crippen LogP contribution is 2.08. The molecule has 0 aliphatic rings. The van der Waals surface area contributed by atoms with Gasteiger partial charge in [0.25, 0.3) is 0 Å². The zero-order valence-corrected chi connectivity index (χ0v) is 9.98. The number of aromatic nitrogens is 2. The molecule has 2 rings (SSSR count). The molecule has 0 bridgehead atoms. The highest BCUT2D eigenvalue weighted by molar-refractivity contribution is 5.23. The standard InChI is InChI=1S/C14H18N2/c1-3-12-5-7-13(8-6-12)11-16-10-9-15-14(16)4-2/h5-10H,3-4,11H2,1-2H3. The molecule has 16 heavy (non-hydrogen) atoms. The molecule has 0 saturated carbocycles. The van der Waals surface area contributed by atoms with Crippen molar-refractivity contribution in [2.75, 3.05) is 0 Å². The van der Waals surface area contributed by atoms with Crippen molar-refractivity contribution in [1.82, 2.24) is 9.55 Å². The predicted octanol–water partition coefficient (Wildman–Crippen LogP) is 3.06. The summed E-state index contributed by atoms with van der Waals surface area (Å²) >= 11 is 0. The third-order valence-electron chi connectivity index (χ3n) is 2.90. The van der Waals surface area contributed by atoms with Gasteiger partial charge in [-0.1, -0.05) is 38.1 Å². The summed E-state index contributed by atoms with van der Waals surface area (Å²) < 4.78 is 2.21. The second kappa shape index (κ2) is 4.97. The van der Waals surface area contributed by atoms with Gasteiger partial charge in [-0.2, -0.15) is 0 Å². The number of rotatable bonds is 4. The van der Waals surface area contributed by atoms with Crippen LogP contribution in [0.4, 0.5) is 0 Å². The SMILES string of the molecule is CCc1ccc(Cn2ccnc2CC)cc1. The molecule has 2 aromatic rings. The van der Waals surface area contributed by atoms with E-state index in [1.807, 2.05) is 12.4 Å². The Hall–Kier alpha value is -1.57. The van der Waals surface area contributed by atoms with Crippen LogP contribution in [-0.4, -0.2) is 9.55 Å². The van der Waals surface area contributed by atoms with Crippen molar-refractivity contribution in [3.63, 3.8) is 0 Å². The molecule has 1 heterocycles. The maximum absolute atomic E-state index is 4.33. The van der Waals surface area contributed by atoms with E-state index in [0.29, 0.717) is 0 Å². The lowest BCUT2D eigenvalue weighted by Gasteiger charge is -2.07. The minimum absolute atomic E-state index is 0.924. The summed E-state index contributed by atoms with van der Waals surface area (Å²) in [4.78, 5) is 4.33. The second-order valence-electron chi connectivity index (χ2n) is 3.99. The van der Waals surface area contributed by atoms with E-state index >= 15 is 0 Å². The number of nitrogens with zero attached hydrogens (tertiary/aromatic N) is 2. The van der Waals surface area contributed by atoms with Crippen LogP contribution in [0.5, 0.6) is 0 Å². The lowest BCUT2D eigenvalue weighted by Crippen LogP contribution is -2.03. The first kappa shape index (κ1) is 10.9. The highest BCUT2D eigenvalue weighted by atomic mass is 15.1. The zero-order chi connectivity index (χ0) is 11.4. The summed E-state index contributed by atoms with van der Waals surface area (Å²) in [6, 6.07) is 8.83. The van der Waals surface area contributed by atoms with E-state index in [1.54, 1.807) is 0 Å². The van der Waals surface area contributed by atoms with Crippen LogP contribution < -0.4 is 0 Å². The Labute approximate surface area is 97.0 Å². The fourth-order valence-corrected chi connectivity index (χ4v) is 1.88. The zero-order valence-electron chi connectivity index (χ0n) is 9.98. The maximum atomic E-state index is 4.33. The van der Waals surface area contributed by atoms with Gasteiger partial charge in [0.2, 0.25) is 0 Å². The monoisotopic (exact) mass is 214 g/mol. The second-order valence-corrected chi connectivity index (χ2v) is 3.99. The van der Waals surface area contributed by atoms with Gasteiger partial charge >= 0.3 is 0 Å². The Morgan fingerprint density at radius 2 is 1.69 bits per heavy atom. The lowest BCUT2D eigenvalue weighted by molar-refractivity contribution is 0.732. The van der Waals surface area contributed by atoms with Crippen LogP contribution in [0.1, 0.15) is 30.8 Å². The Balaban J connectivity index is 2.14. The Morgan fingerprint density at radius 3 is 2.31 bits per heavy atom. The van der Waals surface area contributed by atoms with Crippen molar-refractivity contribution in [3.8, 4) is 0 Å². The number of hydrogen-bond donors (Lipinski definition) is 0. The van der Waals surface area contributed by atoms with E-state index in [4.69, 9.17) is 0 Å². The minimum atomic E-state index is 0.924. The first-order valence-electron chi connectivity index (χ1n) is 5.91. The van der Waals surface area contributed by atoms with Crippen molar-refractivity contribution >= 4 is 0 Å². The normalized spacial score (nSPS) is 10.6. The van der Waals surface area contributed by atoms with Crippen molar-refractivity contribution in [2.24, 2.45) is 0 Å². The van der Waals surface area contributed by atoms with Crippen molar-refractivity contribution in [2.45, 2.75) is 33.2 Å². The largest absolute Gasteiger partial charge is 0.331 e. The Bertz CT molecular complexity index is 440. The average molecular weight is 214 g/mol. The van der Waals surface area contributed by atoms with Gasteiger partial charge in [0.15, 0.2) is 0 Å². The molecule has 0 unspecified atom stereocenters. The van der Waals surface area contributed by atoms with E-state index in [2.05, 4.69) is 47.7 Å². The molecule has 2 heteroatoms. The van der Waals surface area contributed by atoms with Crippen LogP contribution in [0.15, 0.2) is 36.7 Å². The van der Waals surface area contributed by atoms with Gasteiger partial charge in [0.05, 0.1) is 0 Å². The number of imidazole rings is 1. The highest BCUT2D eigenvalue weighted by Gasteiger charge is 2.00. The predicted molar refractivity (Wildman–Crippen MR) is 66.5 cm³/mol. The van der Waals surface area contributed by atoms with E-state index in [1.165, 1.54) is 11.1 Å². The first-order valence-corrected chi connectivity index (χ1v) is 5.91. The average Bonchev–Trinajstić information content (AvgIpc) is 2.77. The quantitative estimate of drug-likeness (QED) is 0.765. The molecule has 0 spiro atoms. The van der Waals surface area contributed by atoms with Gasteiger partial charge in [-0.05, 0) is 17.5 Å². The van der Waals surface area contributed by atoms with Crippen molar-refractivity contribution in [1.29, 1.82) is 0 Å². The summed E-state index contributed by atoms with van der Waals surface area (Å²) in [5.74, 6) is 1.15. The molecule has 0 atom stereocenters. The molecule has 0 fully saturated rings. The molecular weight excluding hydrogens is 196 g/mol. The van der Waals surface area contributed by atoms with Crippen LogP contribution in [-0.2, 0) is 19.4 Å². The maximum Gasteiger partial charge on any atom is 0.108 e. The molecule has 0 N–H and O–H groups in total. The number of aryl methyl sites for hydroxylation is 2. The number of benzene rings is 1. The first-order chi connectivity index (χ1) is 7.83. The van der Waals surface area contributed by atoms with E-state index in [0.717, 1.165) is 25.2 Å². The van der Waals surface area contributed by atoms with Gasteiger partial charge in [0.1, 0.15) is 5.82 Å². The minimum Gasteiger partial charge on any atom is -0.331 e. The van der Waals surface area contributed by atoms with Gasteiger partial charge in [-0.3, -0.25) is 0 Å².